The largest absolute Gasteiger partial charge is 0.275 e. The van der Waals surface area contributed by atoms with Crippen LogP contribution in [0.25, 0.3) is 0 Å². The van der Waals surface area contributed by atoms with E-state index in [0.29, 0.717) is 0 Å². The van der Waals surface area contributed by atoms with Crippen LogP contribution in [0.5, 0.6) is 0 Å². The van der Waals surface area contributed by atoms with Gasteiger partial charge < -0.3 is 0 Å². The first-order valence-electron chi connectivity index (χ1n) is 9.69. The van der Waals surface area contributed by atoms with Crippen LogP contribution in [-0.2, 0) is 21.0 Å². The Morgan fingerprint density at radius 1 is 0.724 bits per heavy atom. The zero-order valence-corrected chi connectivity index (χ0v) is 15.7. The molecule has 2 fully saturated rings. The Bertz CT molecular complexity index is 1020. The molecular weight excluding hydrogens is 364 g/mol. The minimum atomic E-state index is -0.809. The number of hydroxylamine groups is 1. The van der Waals surface area contributed by atoms with Crippen LogP contribution in [0.3, 0.4) is 0 Å². The van der Waals surface area contributed by atoms with E-state index in [-0.39, 0.29) is 24.4 Å². The van der Waals surface area contributed by atoms with Crippen molar-refractivity contribution in [3.63, 3.8) is 0 Å². The van der Waals surface area contributed by atoms with E-state index in [1.54, 1.807) is 5.06 Å². The summed E-state index contributed by atoms with van der Waals surface area (Å²) in [5, 5.41) is 1.72. The third-order valence-corrected chi connectivity index (χ3v) is 5.54. The van der Waals surface area contributed by atoms with Crippen molar-refractivity contribution in [2.45, 2.75) is 18.7 Å². The molecule has 3 atom stereocenters. The van der Waals surface area contributed by atoms with Crippen molar-refractivity contribution in [1.82, 2.24) is 4.90 Å². The molecule has 0 unspecified atom stereocenters. The highest BCUT2D eigenvalue weighted by Crippen LogP contribution is 2.46. The maximum absolute atomic E-state index is 13.4. The molecule has 0 spiro atoms. The van der Waals surface area contributed by atoms with E-state index in [9.17, 15) is 9.59 Å². The lowest BCUT2D eigenvalue weighted by molar-refractivity contribution is -0.143. The molecule has 2 saturated heterocycles. The van der Waals surface area contributed by atoms with Crippen LogP contribution >= 0.6 is 0 Å². The quantitative estimate of drug-likeness (QED) is 0.643. The Balaban J connectivity index is 1.52. The zero-order valence-electron chi connectivity index (χ0n) is 15.7. The lowest BCUT2D eigenvalue weighted by Crippen LogP contribution is -2.36. The molecule has 2 heterocycles. The van der Waals surface area contributed by atoms with Gasteiger partial charge in [0.1, 0.15) is 5.92 Å². The minimum Gasteiger partial charge on any atom is -0.275 e. The summed E-state index contributed by atoms with van der Waals surface area (Å²) in [5.41, 5.74) is 2.70. The zero-order chi connectivity index (χ0) is 19.8. The highest BCUT2D eigenvalue weighted by Gasteiger charge is 2.59. The van der Waals surface area contributed by atoms with Crippen LogP contribution < -0.4 is 5.06 Å². The number of hydrogen-bond acceptors (Lipinski definition) is 4. The number of rotatable bonds is 4. The molecule has 144 valence electrons. The summed E-state index contributed by atoms with van der Waals surface area (Å²) in [6, 6.07) is 28.6. The first-order valence-corrected chi connectivity index (χ1v) is 9.69. The van der Waals surface area contributed by atoms with Gasteiger partial charge in [0.2, 0.25) is 5.91 Å². The monoisotopic (exact) mass is 384 g/mol. The molecule has 0 bridgehead atoms. The molecule has 2 aliphatic rings. The van der Waals surface area contributed by atoms with Gasteiger partial charge in [-0.15, -0.1) is 0 Å². The molecule has 29 heavy (non-hydrogen) atoms. The van der Waals surface area contributed by atoms with Gasteiger partial charge in [-0.25, -0.2) is 5.06 Å². The number of carbonyl (C=O) groups excluding carboxylic acids is 2. The average Bonchev–Trinajstić information content (AvgIpc) is 3.28. The predicted octanol–water partition coefficient (Wildman–Crippen LogP) is 3.73. The lowest BCUT2D eigenvalue weighted by Gasteiger charge is -2.28. The fourth-order valence-corrected chi connectivity index (χ4v) is 4.18. The van der Waals surface area contributed by atoms with Gasteiger partial charge in [0.25, 0.3) is 5.91 Å². The third kappa shape index (κ3) is 3.00. The smallest absolute Gasteiger partial charge is 0.262 e. The van der Waals surface area contributed by atoms with E-state index in [2.05, 4.69) is 0 Å². The van der Waals surface area contributed by atoms with Crippen LogP contribution in [0.15, 0.2) is 91.0 Å². The van der Waals surface area contributed by atoms with Crippen LogP contribution in [0.2, 0.25) is 0 Å². The Hall–Kier alpha value is -3.44. The standard InChI is InChI=1S/C24H20N2O3/c27-23-20-21(18-12-6-2-7-13-18)26(19-14-8-3-9-15-19)29-22(20)24(28)25(23)16-17-10-4-1-5-11-17/h1-15,20-22H,16H2/t20-,21-,22+/m0/s1. The Morgan fingerprint density at radius 3 is 1.97 bits per heavy atom. The molecule has 0 aromatic heterocycles. The summed E-state index contributed by atoms with van der Waals surface area (Å²) in [4.78, 5) is 33.9. The van der Waals surface area contributed by atoms with E-state index in [1.165, 1.54) is 4.90 Å². The lowest BCUT2D eigenvalue weighted by atomic mass is 9.90. The molecule has 0 radical (unpaired) electrons. The molecule has 2 amide bonds. The van der Waals surface area contributed by atoms with Crippen molar-refractivity contribution < 1.29 is 14.4 Å². The van der Waals surface area contributed by atoms with E-state index >= 15 is 0 Å². The topological polar surface area (TPSA) is 49.9 Å². The van der Waals surface area contributed by atoms with Gasteiger partial charge in [0, 0.05) is 0 Å². The van der Waals surface area contributed by atoms with Crippen molar-refractivity contribution in [1.29, 1.82) is 0 Å². The molecule has 5 nitrogen and oxygen atoms in total. The first kappa shape index (κ1) is 17.6. The van der Waals surface area contributed by atoms with Crippen LogP contribution in [-0.4, -0.2) is 22.8 Å². The third-order valence-electron chi connectivity index (χ3n) is 5.54. The number of hydrogen-bond donors (Lipinski definition) is 0. The van der Waals surface area contributed by atoms with E-state index in [4.69, 9.17) is 4.84 Å². The van der Waals surface area contributed by atoms with Gasteiger partial charge >= 0.3 is 0 Å². The SMILES string of the molecule is O=C1[C@@H]2[C@@H](ON(c3ccccc3)[C@H]2c2ccccc2)C(=O)N1Cc1ccccc1. The van der Waals surface area contributed by atoms with Crippen LogP contribution in [0, 0.1) is 5.92 Å². The summed E-state index contributed by atoms with van der Waals surface area (Å²) in [7, 11) is 0. The number of para-hydroxylation sites is 1. The molecule has 0 N–H and O–H groups in total. The molecule has 2 aliphatic heterocycles. The Kier molecular flexibility index (Phi) is 4.37. The average molecular weight is 384 g/mol. The number of likely N-dealkylation sites (tertiary alicyclic amines) is 1. The fourth-order valence-electron chi connectivity index (χ4n) is 4.18. The number of benzene rings is 3. The maximum atomic E-state index is 13.4. The molecule has 5 heteroatoms. The Morgan fingerprint density at radius 2 is 1.31 bits per heavy atom. The van der Waals surface area contributed by atoms with E-state index < -0.39 is 12.0 Å². The predicted molar refractivity (Wildman–Crippen MR) is 108 cm³/mol. The van der Waals surface area contributed by atoms with Crippen molar-refractivity contribution in [2.24, 2.45) is 5.92 Å². The number of anilines is 1. The normalized spacial score (nSPS) is 23.5. The van der Waals surface area contributed by atoms with Crippen LogP contribution in [0.4, 0.5) is 5.69 Å². The van der Waals surface area contributed by atoms with E-state index in [0.717, 1.165) is 16.8 Å². The number of amides is 2. The summed E-state index contributed by atoms with van der Waals surface area (Å²) in [6.45, 7) is 0.266. The molecule has 3 aromatic carbocycles. The summed E-state index contributed by atoms with van der Waals surface area (Å²) >= 11 is 0. The van der Waals surface area contributed by atoms with Gasteiger partial charge in [0.05, 0.1) is 18.3 Å². The number of imide groups is 1. The van der Waals surface area contributed by atoms with Crippen molar-refractivity contribution in [3.05, 3.63) is 102 Å². The second-order valence-corrected chi connectivity index (χ2v) is 7.32. The summed E-state index contributed by atoms with van der Waals surface area (Å²) in [5.74, 6) is -1.03. The van der Waals surface area contributed by atoms with Crippen molar-refractivity contribution in [3.8, 4) is 0 Å². The highest BCUT2D eigenvalue weighted by molar-refractivity contribution is 6.07. The second-order valence-electron chi connectivity index (χ2n) is 7.32. The first-order chi connectivity index (χ1) is 14.2. The van der Waals surface area contributed by atoms with Gasteiger partial charge in [0.15, 0.2) is 6.10 Å². The summed E-state index contributed by atoms with van der Waals surface area (Å²) in [6.07, 6.45) is -0.809. The minimum absolute atomic E-state index is 0.184. The van der Waals surface area contributed by atoms with E-state index in [1.807, 2.05) is 91.0 Å². The van der Waals surface area contributed by atoms with Gasteiger partial charge in [-0.05, 0) is 23.3 Å². The molecule has 0 aliphatic carbocycles. The number of carbonyl (C=O) groups is 2. The Labute approximate surface area is 169 Å². The van der Waals surface area contributed by atoms with Crippen molar-refractivity contribution >= 4 is 17.5 Å². The van der Waals surface area contributed by atoms with Gasteiger partial charge in [-0.3, -0.25) is 19.3 Å². The molecule has 3 aromatic rings. The second kappa shape index (κ2) is 7.18. The van der Waals surface area contributed by atoms with Crippen molar-refractivity contribution in [2.75, 3.05) is 5.06 Å². The van der Waals surface area contributed by atoms with Gasteiger partial charge in [-0.1, -0.05) is 78.9 Å². The summed E-state index contributed by atoms with van der Waals surface area (Å²) < 4.78 is 0. The molecule has 5 rings (SSSR count). The highest BCUT2D eigenvalue weighted by atomic mass is 16.7. The molecular formula is C24H20N2O3. The number of nitrogens with zero attached hydrogens (tertiary/aromatic N) is 2. The number of fused-ring (bicyclic) bond motifs is 1. The fraction of sp³-hybridized carbons (Fsp3) is 0.167. The van der Waals surface area contributed by atoms with Crippen LogP contribution in [0.1, 0.15) is 17.2 Å². The van der Waals surface area contributed by atoms with Gasteiger partial charge in [-0.2, -0.15) is 0 Å². The molecule has 0 saturated carbocycles. The maximum Gasteiger partial charge on any atom is 0.262 e.